The van der Waals surface area contributed by atoms with Crippen molar-refractivity contribution in [1.82, 2.24) is 15.1 Å². The van der Waals surface area contributed by atoms with E-state index in [1.54, 1.807) is 0 Å². The highest BCUT2D eigenvalue weighted by Crippen LogP contribution is 2.22. The van der Waals surface area contributed by atoms with Crippen LogP contribution in [-0.4, -0.2) is 78.8 Å². The summed E-state index contributed by atoms with van der Waals surface area (Å²) in [6.45, 7) is 15.3. The number of nitrogens with one attached hydrogen (secondary N) is 1. The Hall–Kier alpha value is -2.28. The van der Waals surface area contributed by atoms with Gasteiger partial charge in [0, 0.05) is 62.6 Å². The SMILES string of the molecule is CC(C)N1CCN(c2ccc(C(=O)N3CCCCC3CNC(=O)OC(C)(C)C)cc2)CC1. The fourth-order valence-electron chi connectivity index (χ4n) is 4.47. The normalized spacial score (nSPS) is 20.4. The molecule has 2 saturated heterocycles. The number of rotatable bonds is 5. The van der Waals surface area contributed by atoms with Crippen LogP contribution in [0.5, 0.6) is 0 Å². The van der Waals surface area contributed by atoms with E-state index in [1.807, 2.05) is 37.8 Å². The van der Waals surface area contributed by atoms with Crippen molar-refractivity contribution in [2.75, 3.05) is 44.2 Å². The fourth-order valence-corrected chi connectivity index (χ4v) is 4.47. The molecule has 178 valence electrons. The van der Waals surface area contributed by atoms with E-state index in [0.29, 0.717) is 18.2 Å². The van der Waals surface area contributed by atoms with E-state index in [2.05, 4.69) is 41.1 Å². The third-order valence-corrected chi connectivity index (χ3v) is 6.29. The molecule has 2 fully saturated rings. The second-order valence-electron chi connectivity index (χ2n) is 10.2. The lowest BCUT2D eigenvalue weighted by Crippen LogP contribution is -2.50. The maximum Gasteiger partial charge on any atom is 0.407 e. The first-order chi connectivity index (χ1) is 15.1. The minimum Gasteiger partial charge on any atom is -0.444 e. The average molecular weight is 445 g/mol. The zero-order valence-electron chi connectivity index (χ0n) is 20.4. The molecule has 1 N–H and O–H groups in total. The summed E-state index contributed by atoms with van der Waals surface area (Å²) in [5, 5.41) is 2.84. The summed E-state index contributed by atoms with van der Waals surface area (Å²) in [5.41, 5.74) is 1.35. The number of alkyl carbamates (subject to hydrolysis) is 1. The molecule has 1 aromatic rings. The van der Waals surface area contributed by atoms with Crippen LogP contribution in [0.15, 0.2) is 24.3 Å². The van der Waals surface area contributed by atoms with Crippen LogP contribution in [0.4, 0.5) is 10.5 Å². The van der Waals surface area contributed by atoms with Crippen LogP contribution in [0.1, 0.15) is 64.2 Å². The van der Waals surface area contributed by atoms with Gasteiger partial charge in [0.25, 0.3) is 5.91 Å². The van der Waals surface area contributed by atoms with Crippen LogP contribution >= 0.6 is 0 Å². The fraction of sp³-hybridized carbons (Fsp3) is 0.680. The van der Waals surface area contributed by atoms with Crippen molar-refractivity contribution < 1.29 is 14.3 Å². The number of ether oxygens (including phenoxy) is 1. The van der Waals surface area contributed by atoms with Crippen molar-refractivity contribution in [3.8, 4) is 0 Å². The number of piperazine rings is 1. The summed E-state index contributed by atoms with van der Waals surface area (Å²) in [6.07, 6.45) is 2.51. The molecule has 1 aromatic carbocycles. The van der Waals surface area contributed by atoms with E-state index >= 15 is 0 Å². The molecule has 2 aliphatic rings. The Balaban J connectivity index is 1.58. The number of hydrogen-bond acceptors (Lipinski definition) is 5. The van der Waals surface area contributed by atoms with Crippen LogP contribution in [0.3, 0.4) is 0 Å². The highest BCUT2D eigenvalue weighted by atomic mass is 16.6. The highest BCUT2D eigenvalue weighted by molar-refractivity contribution is 5.95. The molecule has 32 heavy (non-hydrogen) atoms. The largest absolute Gasteiger partial charge is 0.444 e. The monoisotopic (exact) mass is 444 g/mol. The highest BCUT2D eigenvalue weighted by Gasteiger charge is 2.29. The van der Waals surface area contributed by atoms with Gasteiger partial charge in [-0.1, -0.05) is 0 Å². The molecular formula is C25H40N4O3. The predicted octanol–water partition coefficient (Wildman–Crippen LogP) is 3.74. The van der Waals surface area contributed by atoms with Crippen molar-refractivity contribution in [2.24, 2.45) is 0 Å². The number of hydrogen-bond donors (Lipinski definition) is 1. The van der Waals surface area contributed by atoms with Crippen molar-refractivity contribution in [2.45, 2.75) is 71.6 Å². The molecule has 0 spiro atoms. The van der Waals surface area contributed by atoms with E-state index in [1.165, 1.54) is 5.69 Å². The van der Waals surface area contributed by atoms with Gasteiger partial charge in [0.05, 0.1) is 0 Å². The molecule has 2 heterocycles. The second kappa shape index (κ2) is 10.6. The topological polar surface area (TPSA) is 65.1 Å². The molecule has 0 saturated carbocycles. The van der Waals surface area contributed by atoms with E-state index in [-0.39, 0.29) is 11.9 Å². The number of amides is 2. The van der Waals surface area contributed by atoms with Crippen LogP contribution in [-0.2, 0) is 4.74 Å². The zero-order valence-corrected chi connectivity index (χ0v) is 20.4. The molecule has 3 rings (SSSR count). The summed E-state index contributed by atoms with van der Waals surface area (Å²) in [4.78, 5) is 32.1. The van der Waals surface area contributed by atoms with E-state index < -0.39 is 11.7 Å². The molecule has 2 aliphatic heterocycles. The maximum atomic E-state index is 13.3. The van der Waals surface area contributed by atoms with Gasteiger partial charge in [0.1, 0.15) is 5.60 Å². The molecule has 0 radical (unpaired) electrons. The molecule has 2 amide bonds. The molecule has 7 heteroatoms. The van der Waals surface area contributed by atoms with Crippen LogP contribution in [0.2, 0.25) is 0 Å². The summed E-state index contributed by atoms with van der Waals surface area (Å²) in [7, 11) is 0. The van der Waals surface area contributed by atoms with Gasteiger partial charge in [0.15, 0.2) is 0 Å². The minimum absolute atomic E-state index is 0.00689. The smallest absolute Gasteiger partial charge is 0.407 e. The van der Waals surface area contributed by atoms with Gasteiger partial charge in [-0.2, -0.15) is 0 Å². The number of nitrogens with zero attached hydrogens (tertiary/aromatic N) is 3. The van der Waals surface area contributed by atoms with E-state index in [0.717, 1.165) is 52.0 Å². The Morgan fingerprint density at radius 2 is 1.69 bits per heavy atom. The van der Waals surface area contributed by atoms with Crippen LogP contribution in [0.25, 0.3) is 0 Å². The van der Waals surface area contributed by atoms with Crippen molar-refractivity contribution >= 4 is 17.7 Å². The number of carbonyl (C=O) groups is 2. The summed E-state index contributed by atoms with van der Waals surface area (Å²) < 4.78 is 5.34. The first-order valence-electron chi connectivity index (χ1n) is 12.0. The number of piperidine rings is 1. The van der Waals surface area contributed by atoms with Gasteiger partial charge in [-0.25, -0.2) is 4.79 Å². The Labute approximate surface area is 193 Å². The van der Waals surface area contributed by atoms with Gasteiger partial charge in [-0.3, -0.25) is 9.69 Å². The van der Waals surface area contributed by atoms with Gasteiger partial charge < -0.3 is 19.9 Å². The Bertz CT molecular complexity index is 764. The Morgan fingerprint density at radius 3 is 2.28 bits per heavy atom. The average Bonchev–Trinajstić information content (AvgIpc) is 2.76. The molecule has 0 aliphatic carbocycles. The summed E-state index contributed by atoms with van der Waals surface area (Å²) in [5.74, 6) is 0.0388. The van der Waals surface area contributed by atoms with Gasteiger partial charge in [0.2, 0.25) is 0 Å². The lowest BCUT2D eigenvalue weighted by molar-refractivity contribution is 0.0462. The number of carbonyl (C=O) groups excluding carboxylic acids is 2. The minimum atomic E-state index is -0.532. The Kier molecular flexibility index (Phi) is 8.04. The van der Waals surface area contributed by atoms with E-state index in [9.17, 15) is 9.59 Å². The first kappa shape index (κ1) is 24.4. The quantitative estimate of drug-likeness (QED) is 0.750. The molecule has 1 atom stereocenters. The van der Waals surface area contributed by atoms with Gasteiger partial charge in [-0.15, -0.1) is 0 Å². The standard InChI is InChI=1S/C25H40N4O3/c1-19(2)27-14-16-28(17-15-27)21-11-9-20(10-12-21)23(30)29-13-7-6-8-22(29)18-26-24(31)32-25(3,4)5/h9-12,19,22H,6-8,13-18H2,1-5H3,(H,26,31). The van der Waals surface area contributed by atoms with Crippen LogP contribution < -0.4 is 10.2 Å². The zero-order chi connectivity index (χ0) is 23.3. The first-order valence-corrected chi connectivity index (χ1v) is 12.0. The van der Waals surface area contributed by atoms with Crippen molar-refractivity contribution in [1.29, 1.82) is 0 Å². The van der Waals surface area contributed by atoms with E-state index in [4.69, 9.17) is 4.74 Å². The second-order valence-corrected chi connectivity index (χ2v) is 10.2. The van der Waals surface area contributed by atoms with Crippen molar-refractivity contribution in [3.63, 3.8) is 0 Å². The Morgan fingerprint density at radius 1 is 1.03 bits per heavy atom. The van der Waals surface area contributed by atoms with Crippen LogP contribution in [0, 0.1) is 0 Å². The number of benzene rings is 1. The molecule has 1 unspecified atom stereocenters. The summed E-state index contributed by atoms with van der Waals surface area (Å²) in [6, 6.07) is 8.60. The third kappa shape index (κ3) is 6.61. The molecule has 0 aromatic heterocycles. The molecular weight excluding hydrogens is 404 g/mol. The lowest BCUT2D eigenvalue weighted by atomic mass is 10.0. The van der Waals surface area contributed by atoms with Gasteiger partial charge in [-0.05, 0) is 78.1 Å². The predicted molar refractivity (Wildman–Crippen MR) is 128 cm³/mol. The molecule has 0 bridgehead atoms. The van der Waals surface area contributed by atoms with Crippen molar-refractivity contribution in [3.05, 3.63) is 29.8 Å². The third-order valence-electron chi connectivity index (χ3n) is 6.29. The molecule has 7 nitrogen and oxygen atoms in total. The summed E-state index contributed by atoms with van der Waals surface area (Å²) >= 11 is 0. The van der Waals surface area contributed by atoms with Gasteiger partial charge >= 0.3 is 6.09 Å². The number of likely N-dealkylation sites (tertiary alicyclic amines) is 1. The maximum absolute atomic E-state index is 13.3. The number of anilines is 1. The lowest BCUT2D eigenvalue weighted by Gasteiger charge is -2.38.